The van der Waals surface area contributed by atoms with E-state index >= 15 is 0 Å². The molecule has 0 aliphatic carbocycles. The number of fused-ring (bicyclic) bond motifs is 1. The van der Waals surface area contributed by atoms with E-state index in [1.54, 1.807) is 26.8 Å². The van der Waals surface area contributed by atoms with Crippen LogP contribution in [0.1, 0.15) is 20.8 Å². The molecule has 0 saturated carbocycles. The lowest BCUT2D eigenvalue weighted by Gasteiger charge is -2.36. The summed E-state index contributed by atoms with van der Waals surface area (Å²) in [5.74, 6) is 0.368. The molecule has 0 N–H and O–H groups in total. The van der Waals surface area contributed by atoms with E-state index in [0.29, 0.717) is 5.82 Å². The molecule has 0 fully saturated rings. The smallest absolute Gasteiger partial charge is 0.143 e. The molecular weight excluding hydrogens is 308 g/mol. The zero-order valence-electron chi connectivity index (χ0n) is 11.0. The summed E-state index contributed by atoms with van der Waals surface area (Å²) in [4.78, 5) is 16.9. The maximum absolute atomic E-state index is 11.3. The molecule has 2 aromatic rings. The van der Waals surface area contributed by atoms with Gasteiger partial charge in [0, 0.05) is 15.4 Å². The molecule has 0 aliphatic heterocycles. The summed E-state index contributed by atoms with van der Waals surface area (Å²) in [6, 6.07) is 9.25. The lowest BCUT2D eigenvalue weighted by Crippen LogP contribution is -2.52. The highest BCUT2D eigenvalue weighted by atomic mass is 79.9. The molecule has 2 rings (SSSR count). The number of aromatic nitrogens is 1. The Morgan fingerprint density at radius 3 is 2.53 bits per heavy atom. The van der Waals surface area contributed by atoms with E-state index in [1.165, 1.54) is 0 Å². The van der Waals surface area contributed by atoms with Crippen molar-refractivity contribution in [3.8, 4) is 0 Å². The number of benzene rings is 1. The number of carbonyl (C=O) groups is 1. The Hall–Kier alpha value is -1.62. The Balaban J connectivity index is 2.62. The molecule has 1 aromatic heterocycles. The van der Waals surface area contributed by atoms with Gasteiger partial charge in [0.05, 0.1) is 5.52 Å². The molecule has 0 saturated heterocycles. The van der Waals surface area contributed by atoms with Crippen molar-refractivity contribution in [1.82, 2.24) is 4.98 Å². The van der Waals surface area contributed by atoms with Crippen LogP contribution >= 0.6 is 15.9 Å². The molecule has 19 heavy (non-hydrogen) atoms. The summed E-state index contributed by atoms with van der Waals surface area (Å²) in [5, 5.41) is 12.3. The topological polar surface area (TPSA) is 56.3 Å². The molecule has 1 heterocycles. The van der Waals surface area contributed by atoms with Gasteiger partial charge in [-0.3, -0.25) is 0 Å². The summed E-state index contributed by atoms with van der Waals surface area (Å²) in [5.41, 5.74) is 0.122. The minimum Gasteiger partial charge on any atom is -0.530 e. The highest BCUT2D eigenvalue weighted by Gasteiger charge is 2.24. The zero-order valence-corrected chi connectivity index (χ0v) is 12.6. The van der Waals surface area contributed by atoms with E-state index in [1.807, 2.05) is 24.3 Å². The van der Waals surface area contributed by atoms with Crippen molar-refractivity contribution >= 4 is 38.7 Å². The van der Waals surface area contributed by atoms with Gasteiger partial charge >= 0.3 is 0 Å². The summed E-state index contributed by atoms with van der Waals surface area (Å²) in [6.07, 6.45) is -1.26. The molecular formula is C14H14BrN2O2-. The average molecular weight is 322 g/mol. The van der Waals surface area contributed by atoms with Crippen molar-refractivity contribution in [2.75, 3.05) is 4.90 Å². The number of hydrogen-bond donors (Lipinski definition) is 0. The molecule has 0 unspecified atom stereocenters. The molecule has 0 radical (unpaired) electrons. The SMILES string of the molecule is CC(C)(C)N(C(=O)[O-])c1ccc2cccc(Br)c2n1. The predicted molar refractivity (Wildman–Crippen MR) is 77.1 cm³/mol. The van der Waals surface area contributed by atoms with Crippen molar-refractivity contribution in [3.63, 3.8) is 0 Å². The maximum Gasteiger partial charge on any atom is 0.143 e. The van der Waals surface area contributed by atoms with Crippen LogP contribution in [0, 0.1) is 0 Å². The van der Waals surface area contributed by atoms with Gasteiger partial charge in [0.25, 0.3) is 0 Å². The highest BCUT2D eigenvalue weighted by Crippen LogP contribution is 2.27. The molecule has 100 valence electrons. The van der Waals surface area contributed by atoms with Crippen LogP contribution in [-0.4, -0.2) is 16.6 Å². The van der Waals surface area contributed by atoms with Crippen LogP contribution in [0.4, 0.5) is 10.6 Å². The normalized spacial score (nSPS) is 11.6. The third-order valence-corrected chi connectivity index (χ3v) is 3.38. The van der Waals surface area contributed by atoms with Crippen LogP contribution in [0.2, 0.25) is 0 Å². The van der Waals surface area contributed by atoms with Crippen LogP contribution in [0.15, 0.2) is 34.8 Å². The summed E-state index contributed by atoms with van der Waals surface area (Å²) >= 11 is 3.42. The Morgan fingerprint density at radius 2 is 1.95 bits per heavy atom. The number of amides is 1. The van der Waals surface area contributed by atoms with Gasteiger partial charge in [0.15, 0.2) is 0 Å². The van der Waals surface area contributed by atoms with Crippen LogP contribution in [0.3, 0.4) is 0 Å². The summed E-state index contributed by atoms with van der Waals surface area (Å²) in [7, 11) is 0. The number of carboxylic acid groups (broad SMARTS) is 1. The van der Waals surface area contributed by atoms with Gasteiger partial charge in [-0.2, -0.15) is 0 Å². The average Bonchev–Trinajstić information content (AvgIpc) is 2.28. The third-order valence-electron chi connectivity index (χ3n) is 2.74. The van der Waals surface area contributed by atoms with Crippen molar-refractivity contribution in [3.05, 3.63) is 34.8 Å². The van der Waals surface area contributed by atoms with Crippen molar-refractivity contribution in [2.24, 2.45) is 0 Å². The van der Waals surface area contributed by atoms with E-state index in [4.69, 9.17) is 0 Å². The van der Waals surface area contributed by atoms with Gasteiger partial charge in [0.2, 0.25) is 0 Å². The Morgan fingerprint density at radius 1 is 1.26 bits per heavy atom. The number of rotatable bonds is 1. The first-order valence-electron chi connectivity index (χ1n) is 5.87. The fourth-order valence-electron chi connectivity index (χ4n) is 1.94. The molecule has 5 heteroatoms. The molecule has 1 amide bonds. The minimum atomic E-state index is -1.26. The number of pyridine rings is 1. The number of hydrogen-bond acceptors (Lipinski definition) is 3. The van der Waals surface area contributed by atoms with Gasteiger partial charge in [0.1, 0.15) is 11.9 Å². The first-order chi connectivity index (χ1) is 8.80. The van der Waals surface area contributed by atoms with E-state index in [-0.39, 0.29) is 0 Å². The van der Waals surface area contributed by atoms with Gasteiger partial charge in [-0.05, 0) is 54.9 Å². The fourth-order valence-corrected chi connectivity index (χ4v) is 2.41. The minimum absolute atomic E-state index is 0.368. The highest BCUT2D eigenvalue weighted by molar-refractivity contribution is 9.10. The van der Waals surface area contributed by atoms with E-state index in [2.05, 4.69) is 20.9 Å². The Kier molecular flexibility index (Phi) is 3.49. The lowest BCUT2D eigenvalue weighted by molar-refractivity contribution is -0.247. The zero-order chi connectivity index (χ0) is 14.2. The maximum atomic E-state index is 11.3. The van der Waals surface area contributed by atoms with Gasteiger partial charge in [-0.1, -0.05) is 12.1 Å². The molecule has 0 bridgehead atoms. The largest absolute Gasteiger partial charge is 0.530 e. The molecule has 4 nitrogen and oxygen atoms in total. The number of para-hydroxylation sites is 1. The van der Waals surface area contributed by atoms with E-state index < -0.39 is 11.6 Å². The van der Waals surface area contributed by atoms with Gasteiger partial charge in [-0.15, -0.1) is 0 Å². The standard InChI is InChI=1S/C14H15BrN2O2/c1-14(2,3)17(13(18)19)11-8-7-9-5-4-6-10(15)12(9)16-11/h4-8H,1-3H3,(H,18,19)/p-1. The van der Waals surface area contributed by atoms with Gasteiger partial charge in [-0.25, -0.2) is 4.98 Å². The van der Waals surface area contributed by atoms with E-state index in [9.17, 15) is 9.90 Å². The van der Waals surface area contributed by atoms with Crippen LogP contribution in [0.5, 0.6) is 0 Å². The Labute approximate surface area is 120 Å². The molecule has 0 aliphatic rings. The van der Waals surface area contributed by atoms with Crippen molar-refractivity contribution in [2.45, 2.75) is 26.3 Å². The lowest BCUT2D eigenvalue weighted by atomic mass is 10.1. The number of nitrogens with zero attached hydrogens (tertiary/aromatic N) is 2. The monoisotopic (exact) mass is 321 g/mol. The molecule has 1 aromatic carbocycles. The number of halogens is 1. The second kappa shape index (κ2) is 4.81. The summed E-state index contributed by atoms with van der Waals surface area (Å²) < 4.78 is 0.832. The predicted octanol–water partition coefficient (Wildman–Crippen LogP) is 2.95. The van der Waals surface area contributed by atoms with Crippen LogP contribution in [-0.2, 0) is 0 Å². The summed E-state index contributed by atoms with van der Waals surface area (Å²) in [6.45, 7) is 5.40. The number of carbonyl (C=O) groups excluding carboxylic acids is 1. The van der Waals surface area contributed by atoms with Crippen LogP contribution < -0.4 is 10.0 Å². The second-order valence-electron chi connectivity index (χ2n) is 5.25. The van der Waals surface area contributed by atoms with Crippen molar-refractivity contribution in [1.29, 1.82) is 0 Å². The first kappa shape index (κ1) is 13.8. The third kappa shape index (κ3) is 2.71. The first-order valence-corrected chi connectivity index (χ1v) is 6.66. The quantitative estimate of drug-likeness (QED) is 0.811. The van der Waals surface area contributed by atoms with Crippen molar-refractivity contribution < 1.29 is 9.90 Å². The molecule has 0 spiro atoms. The molecule has 0 atom stereocenters. The van der Waals surface area contributed by atoms with Gasteiger partial charge < -0.3 is 14.8 Å². The fraction of sp³-hybridized carbons (Fsp3) is 0.286. The van der Waals surface area contributed by atoms with E-state index in [0.717, 1.165) is 20.3 Å². The Bertz CT molecular complexity index is 635. The second-order valence-corrected chi connectivity index (χ2v) is 6.11. The van der Waals surface area contributed by atoms with Crippen LogP contribution in [0.25, 0.3) is 10.9 Å². The number of anilines is 1.